The fourth-order valence-electron chi connectivity index (χ4n) is 4.77. The molecule has 0 aliphatic heterocycles. The van der Waals surface area contributed by atoms with Gasteiger partial charge in [-0.3, -0.25) is 0 Å². The summed E-state index contributed by atoms with van der Waals surface area (Å²) in [6.45, 7) is 2.23. The number of hydrogen-bond acceptors (Lipinski definition) is 1. The number of benzene rings is 2. The van der Waals surface area contributed by atoms with Crippen LogP contribution in [0.4, 0.5) is 22.0 Å². The maximum atomic E-state index is 14.8. The van der Waals surface area contributed by atoms with Gasteiger partial charge in [-0.2, -0.15) is 13.2 Å². The number of rotatable bonds is 9. The highest BCUT2D eigenvalue weighted by molar-refractivity contribution is 5.83. The number of halogens is 5. The topological polar surface area (TPSA) is 9.23 Å². The third-order valence-corrected chi connectivity index (χ3v) is 7.08. The van der Waals surface area contributed by atoms with Crippen LogP contribution in [0.1, 0.15) is 73.6 Å². The molecule has 1 fully saturated rings. The lowest BCUT2D eigenvalue weighted by atomic mass is 9.78. The molecule has 0 radical (unpaired) electrons. The highest BCUT2D eigenvalue weighted by Gasteiger charge is 2.38. The maximum Gasteiger partial charge on any atom is 0.392 e. The molecule has 34 heavy (non-hydrogen) atoms. The van der Waals surface area contributed by atoms with Gasteiger partial charge in [-0.05, 0) is 61.5 Å². The normalized spacial score (nSPS) is 20.7. The van der Waals surface area contributed by atoms with E-state index in [1.54, 1.807) is 12.1 Å². The van der Waals surface area contributed by atoms with Gasteiger partial charge in [-0.25, -0.2) is 8.78 Å². The van der Waals surface area contributed by atoms with Crippen LogP contribution in [0.3, 0.4) is 0 Å². The van der Waals surface area contributed by atoms with Gasteiger partial charge in [-0.1, -0.05) is 61.9 Å². The van der Waals surface area contributed by atoms with Crippen molar-refractivity contribution in [2.24, 2.45) is 11.8 Å². The third kappa shape index (κ3) is 6.91. The zero-order valence-corrected chi connectivity index (χ0v) is 19.8. The Bertz CT molecular complexity index is 923. The van der Waals surface area contributed by atoms with E-state index in [1.165, 1.54) is 50.6 Å². The lowest BCUT2D eigenvalue weighted by Crippen LogP contribution is -2.26. The van der Waals surface area contributed by atoms with E-state index in [0.717, 1.165) is 24.3 Å². The van der Waals surface area contributed by atoms with Crippen molar-refractivity contribution >= 4 is 11.7 Å². The number of hydrogen-bond donors (Lipinski definition) is 0. The Morgan fingerprint density at radius 1 is 0.882 bits per heavy atom. The minimum Gasteiger partial charge on any atom is -0.385 e. The second kappa shape index (κ2) is 12.0. The summed E-state index contributed by atoms with van der Waals surface area (Å²) >= 11 is 0. The van der Waals surface area contributed by atoms with Crippen molar-refractivity contribution in [1.82, 2.24) is 0 Å². The Kier molecular flexibility index (Phi) is 9.29. The van der Waals surface area contributed by atoms with Gasteiger partial charge in [0.05, 0.1) is 5.92 Å². The molecule has 0 bridgehead atoms. The lowest BCUT2D eigenvalue weighted by Gasteiger charge is -2.28. The van der Waals surface area contributed by atoms with Crippen LogP contribution in [0.5, 0.6) is 0 Å². The van der Waals surface area contributed by atoms with E-state index >= 15 is 0 Å². The monoisotopic (exact) mass is 480 g/mol. The number of methoxy groups -OCH3 is 1. The highest BCUT2D eigenvalue weighted by atomic mass is 19.4. The molecule has 0 spiro atoms. The summed E-state index contributed by atoms with van der Waals surface area (Å²) < 4.78 is 74.1. The van der Waals surface area contributed by atoms with Crippen LogP contribution in [-0.2, 0) is 11.2 Å². The third-order valence-electron chi connectivity index (χ3n) is 7.08. The molecule has 6 heteroatoms. The molecule has 0 aromatic heterocycles. The first kappa shape index (κ1) is 26.4. The van der Waals surface area contributed by atoms with Gasteiger partial charge >= 0.3 is 6.18 Å². The van der Waals surface area contributed by atoms with Gasteiger partial charge in [-0.15, -0.1) is 0 Å². The number of ether oxygens (including phenoxy) is 1. The predicted octanol–water partition coefficient (Wildman–Crippen LogP) is 8.89. The molecule has 1 unspecified atom stereocenters. The largest absolute Gasteiger partial charge is 0.392 e. The maximum absolute atomic E-state index is 14.8. The van der Waals surface area contributed by atoms with Crippen LogP contribution in [0.15, 0.2) is 48.5 Å². The second-order valence-electron chi connectivity index (χ2n) is 9.30. The minimum atomic E-state index is -4.35. The van der Waals surface area contributed by atoms with E-state index in [4.69, 9.17) is 4.74 Å². The molecule has 1 aliphatic carbocycles. The first-order chi connectivity index (χ1) is 16.2. The molecule has 186 valence electrons. The standard InChI is InChI=1S/C28H33F5O/c1-3-19-4-8-21(9-5-19)22-12-14-24(15-13-22)27(30)26(29)23-10-6-20(7-11-23)18-25(16-17-34-2)28(31,32)33/h6-7,10-15,19,21,25H,3-5,8-9,16-18H2,1-2H3/b27-26-. The summed E-state index contributed by atoms with van der Waals surface area (Å²) in [5.41, 5.74) is 1.73. The van der Waals surface area contributed by atoms with Crippen LogP contribution in [0.25, 0.3) is 11.7 Å². The summed E-state index contributed by atoms with van der Waals surface area (Å²) in [7, 11) is 1.36. The van der Waals surface area contributed by atoms with Gasteiger partial charge < -0.3 is 4.74 Å². The van der Waals surface area contributed by atoms with E-state index in [1.807, 2.05) is 12.1 Å². The Morgan fingerprint density at radius 2 is 1.41 bits per heavy atom. The molecule has 1 aliphatic rings. The first-order valence-corrected chi connectivity index (χ1v) is 12.0. The van der Waals surface area contributed by atoms with Crippen molar-refractivity contribution in [3.63, 3.8) is 0 Å². The molecule has 1 atom stereocenters. The predicted molar refractivity (Wildman–Crippen MR) is 127 cm³/mol. The quantitative estimate of drug-likeness (QED) is 0.257. The molecular weight excluding hydrogens is 447 g/mol. The molecule has 2 aromatic rings. The van der Waals surface area contributed by atoms with Crippen molar-refractivity contribution in [2.45, 2.75) is 64.0 Å². The highest BCUT2D eigenvalue weighted by Crippen LogP contribution is 2.38. The van der Waals surface area contributed by atoms with Crippen molar-refractivity contribution in [3.8, 4) is 0 Å². The fourth-order valence-corrected chi connectivity index (χ4v) is 4.77. The zero-order chi connectivity index (χ0) is 24.7. The summed E-state index contributed by atoms with van der Waals surface area (Å²) in [5.74, 6) is -2.28. The van der Waals surface area contributed by atoms with Crippen LogP contribution >= 0.6 is 0 Å². The summed E-state index contributed by atoms with van der Waals surface area (Å²) in [5, 5.41) is 0. The summed E-state index contributed by atoms with van der Waals surface area (Å²) in [4.78, 5) is 0. The van der Waals surface area contributed by atoms with E-state index in [0.29, 0.717) is 11.5 Å². The lowest BCUT2D eigenvalue weighted by molar-refractivity contribution is -0.178. The van der Waals surface area contributed by atoms with Crippen LogP contribution in [0.2, 0.25) is 0 Å². The van der Waals surface area contributed by atoms with Crippen molar-refractivity contribution in [3.05, 3.63) is 70.8 Å². The van der Waals surface area contributed by atoms with Crippen molar-refractivity contribution in [1.29, 1.82) is 0 Å². The molecule has 0 heterocycles. The number of alkyl halides is 3. The molecule has 0 amide bonds. The molecule has 0 N–H and O–H groups in total. The Balaban J connectivity index is 1.68. The molecule has 1 nitrogen and oxygen atoms in total. The average molecular weight is 481 g/mol. The fraction of sp³-hybridized carbons (Fsp3) is 0.500. The van der Waals surface area contributed by atoms with Gasteiger partial charge in [0.15, 0.2) is 11.7 Å². The van der Waals surface area contributed by atoms with E-state index in [9.17, 15) is 22.0 Å². The van der Waals surface area contributed by atoms with Crippen molar-refractivity contribution < 1.29 is 26.7 Å². The Hall–Kier alpha value is -2.21. The smallest absolute Gasteiger partial charge is 0.385 e. The first-order valence-electron chi connectivity index (χ1n) is 12.0. The van der Waals surface area contributed by atoms with E-state index in [2.05, 4.69) is 6.92 Å². The van der Waals surface area contributed by atoms with Gasteiger partial charge in [0.25, 0.3) is 0 Å². The Labute approximate surface area is 199 Å². The van der Waals surface area contributed by atoms with Gasteiger partial charge in [0.2, 0.25) is 0 Å². The molecular formula is C28H33F5O. The second-order valence-corrected chi connectivity index (χ2v) is 9.30. The zero-order valence-electron chi connectivity index (χ0n) is 19.8. The SMILES string of the molecule is CCC1CCC(c2ccc(/C(F)=C(/F)c3ccc(CC(CCOC)C(F)(F)F)cc3)cc2)CC1. The molecule has 3 rings (SSSR count). The van der Waals surface area contributed by atoms with Crippen LogP contribution in [-0.4, -0.2) is 19.9 Å². The van der Waals surface area contributed by atoms with Crippen LogP contribution in [0, 0.1) is 11.8 Å². The van der Waals surface area contributed by atoms with Crippen molar-refractivity contribution in [2.75, 3.05) is 13.7 Å². The molecule has 0 saturated heterocycles. The molecule has 1 saturated carbocycles. The van der Waals surface area contributed by atoms with Gasteiger partial charge in [0, 0.05) is 24.8 Å². The minimum absolute atomic E-state index is 0.00339. The average Bonchev–Trinajstić information content (AvgIpc) is 2.85. The summed E-state index contributed by atoms with van der Waals surface area (Å²) in [6, 6.07) is 12.5. The van der Waals surface area contributed by atoms with E-state index < -0.39 is 23.7 Å². The Morgan fingerprint density at radius 3 is 1.88 bits per heavy atom. The van der Waals surface area contributed by atoms with Gasteiger partial charge in [0.1, 0.15) is 0 Å². The molecule has 2 aromatic carbocycles. The summed E-state index contributed by atoms with van der Waals surface area (Å²) in [6.07, 6.45) is 1.13. The van der Waals surface area contributed by atoms with Crippen LogP contribution < -0.4 is 0 Å². The van der Waals surface area contributed by atoms with E-state index in [-0.39, 0.29) is 30.6 Å².